The minimum atomic E-state index is -0.985. The van der Waals surface area contributed by atoms with Crippen LogP contribution in [0, 0.1) is 0 Å². The Morgan fingerprint density at radius 3 is 2.87 bits per heavy atom. The molecule has 2 aromatic rings. The van der Waals surface area contributed by atoms with Crippen molar-refractivity contribution >= 4 is 28.9 Å². The van der Waals surface area contributed by atoms with Crippen molar-refractivity contribution in [2.75, 3.05) is 0 Å². The summed E-state index contributed by atoms with van der Waals surface area (Å²) in [4.78, 5) is 18.8. The van der Waals surface area contributed by atoms with Gasteiger partial charge in [0, 0.05) is 6.20 Å². The summed E-state index contributed by atoms with van der Waals surface area (Å²) in [6.07, 6.45) is 2.95. The Labute approximate surface area is 94.2 Å². The molecule has 4 nitrogen and oxygen atoms in total. The summed E-state index contributed by atoms with van der Waals surface area (Å²) in [6.45, 7) is 0. The molecule has 0 saturated heterocycles. The van der Waals surface area contributed by atoms with Gasteiger partial charge in [0.25, 0.3) is 0 Å². The van der Waals surface area contributed by atoms with E-state index in [1.165, 1.54) is 35.9 Å². The third-order valence-corrected chi connectivity index (χ3v) is 2.84. The van der Waals surface area contributed by atoms with E-state index >= 15 is 0 Å². The first-order chi connectivity index (χ1) is 7.16. The van der Waals surface area contributed by atoms with Gasteiger partial charge in [0.1, 0.15) is 9.34 Å². The Morgan fingerprint density at radius 1 is 1.47 bits per heavy atom. The molecule has 0 amide bonds. The first kappa shape index (κ1) is 10.1. The van der Waals surface area contributed by atoms with Crippen LogP contribution in [-0.2, 0) is 0 Å². The molecule has 0 fully saturated rings. The second-order valence-electron chi connectivity index (χ2n) is 2.70. The third kappa shape index (κ3) is 2.14. The number of carboxylic acids is 1. The van der Waals surface area contributed by atoms with Gasteiger partial charge in [-0.2, -0.15) is 0 Å². The Balaban J connectivity index is 2.45. The normalized spacial score (nSPS) is 10.2. The Bertz CT molecular complexity index is 512. The van der Waals surface area contributed by atoms with E-state index < -0.39 is 5.97 Å². The van der Waals surface area contributed by atoms with Gasteiger partial charge < -0.3 is 5.11 Å². The summed E-state index contributed by atoms with van der Waals surface area (Å²) in [5.41, 5.74) is 0.707. The minimum absolute atomic E-state index is 0.186. The van der Waals surface area contributed by atoms with E-state index in [9.17, 15) is 4.79 Å². The highest BCUT2D eigenvalue weighted by Crippen LogP contribution is 2.26. The lowest BCUT2D eigenvalue weighted by molar-refractivity contribution is 0.0697. The largest absolute Gasteiger partial charge is 0.478 e. The lowest BCUT2D eigenvalue weighted by Crippen LogP contribution is -1.96. The van der Waals surface area contributed by atoms with E-state index in [0.717, 1.165) is 0 Å². The Kier molecular flexibility index (Phi) is 2.66. The van der Waals surface area contributed by atoms with Crippen LogP contribution in [0.4, 0.5) is 0 Å². The van der Waals surface area contributed by atoms with Crippen molar-refractivity contribution in [1.29, 1.82) is 0 Å². The zero-order valence-corrected chi connectivity index (χ0v) is 8.92. The molecule has 0 aliphatic rings. The van der Waals surface area contributed by atoms with Crippen LogP contribution in [0.2, 0.25) is 4.34 Å². The molecule has 0 aromatic carbocycles. The molecule has 0 saturated carbocycles. The number of halogens is 1. The number of hydrogen-bond donors (Lipinski definition) is 1. The molecule has 0 aliphatic heterocycles. The van der Waals surface area contributed by atoms with Gasteiger partial charge in [-0.05, 0) is 12.1 Å². The number of aromatic carboxylic acids is 1. The summed E-state index contributed by atoms with van der Waals surface area (Å²) in [5.74, 6) is -0.985. The third-order valence-electron chi connectivity index (χ3n) is 1.70. The van der Waals surface area contributed by atoms with Crippen LogP contribution in [0.3, 0.4) is 0 Å². The van der Waals surface area contributed by atoms with Gasteiger partial charge in [-0.25, -0.2) is 9.78 Å². The lowest BCUT2D eigenvalue weighted by Gasteiger charge is -1.96. The maximum absolute atomic E-state index is 10.7. The van der Waals surface area contributed by atoms with Gasteiger partial charge in [-0.1, -0.05) is 11.6 Å². The number of thiazole rings is 1. The fourth-order valence-corrected chi connectivity index (χ4v) is 1.93. The molecule has 15 heavy (non-hydrogen) atoms. The molecule has 0 aliphatic carbocycles. The molecule has 1 N–H and O–H groups in total. The van der Waals surface area contributed by atoms with Crippen LogP contribution in [0.5, 0.6) is 0 Å². The monoisotopic (exact) mass is 240 g/mol. The van der Waals surface area contributed by atoms with Crippen LogP contribution < -0.4 is 0 Å². The van der Waals surface area contributed by atoms with E-state index in [-0.39, 0.29) is 5.56 Å². The molecule has 2 heterocycles. The molecule has 0 atom stereocenters. The number of aromatic nitrogens is 2. The minimum Gasteiger partial charge on any atom is -0.478 e. The molecule has 2 aromatic heterocycles. The van der Waals surface area contributed by atoms with E-state index in [1.54, 1.807) is 0 Å². The second kappa shape index (κ2) is 3.96. The smallest absolute Gasteiger partial charge is 0.335 e. The molecular weight excluding hydrogens is 236 g/mol. The fourth-order valence-electron chi connectivity index (χ4n) is 1.05. The van der Waals surface area contributed by atoms with Crippen molar-refractivity contribution in [2.45, 2.75) is 0 Å². The Morgan fingerprint density at radius 2 is 2.27 bits per heavy atom. The summed E-state index contributed by atoms with van der Waals surface area (Å²) < 4.78 is 0.549. The van der Waals surface area contributed by atoms with Crippen molar-refractivity contribution in [2.24, 2.45) is 0 Å². The highest BCUT2D eigenvalue weighted by atomic mass is 35.5. The van der Waals surface area contributed by atoms with Crippen molar-refractivity contribution in [1.82, 2.24) is 9.97 Å². The van der Waals surface area contributed by atoms with Crippen molar-refractivity contribution in [3.05, 3.63) is 34.4 Å². The second-order valence-corrected chi connectivity index (χ2v) is 4.37. The van der Waals surface area contributed by atoms with Crippen LogP contribution in [0.1, 0.15) is 10.4 Å². The van der Waals surface area contributed by atoms with Crippen LogP contribution in [0.15, 0.2) is 24.5 Å². The predicted octanol–water partition coefficient (Wildman–Crippen LogP) is 2.56. The standard InChI is InChI=1S/C9H5ClN2O2S/c10-7-4-12-8(15-7)6-3-5(9(13)14)1-2-11-6/h1-4H,(H,13,14). The van der Waals surface area contributed by atoms with Gasteiger partial charge in [0.2, 0.25) is 0 Å². The molecule has 2 rings (SSSR count). The van der Waals surface area contributed by atoms with Crippen molar-refractivity contribution in [3.63, 3.8) is 0 Å². The van der Waals surface area contributed by atoms with E-state index in [4.69, 9.17) is 16.7 Å². The number of carbonyl (C=O) groups is 1. The maximum atomic E-state index is 10.7. The van der Waals surface area contributed by atoms with Gasteiger partial charge >= 0.3 is 5.97 Å². The molecular formula is C9H5ClN2O2S. The zero-order chi connectivity index (χ0) is 10.8. The van der Waals surface area contributed by atoms with Crippen LogP contribution >= 0.6 is 22.9 Å². The summed E-state index contributed by atoms with van der Waals surface area (Å²) >= 11 is 6.98. The van der Waals surface area contributed by atoms with E-state index in [1.807, 2.05) is 0 Å². The molecule has 76 valence electrons. The van der Waals surface area contributed by atoms with Crippen LogP contribution in [0.25, 0.3) is 10.7 Å². The highest BCUT2D eigenvalue weighted by molar-refractivity contribution is 7.18. The number of carboxylic acid groups (broad SMARTS) is 1. The topological polar surface area (TPSA) is 63.1 Å². The molecule has 0 bridgehead atoms. The van der Waals surface area contributed by atoms with Crippen molar-refractivity contribution in [3.8, 4) is 10.7 Å². The van der Waals surface area contributed by atoms with Gasteiger partial charge in [-0.3, -0.25) is 4.98 Å². The number of hydrogen-bond acceptors (Lipinski definition) is 4. The van der Waals surface area contributed by atoms with E-state index in [2.05, 4.69) is 9.97 Å². The molecule has 0 spiro atoms. The molecule has 6 heteroatoms. The van der Waals surface area contributed by atoms with Gasteiger partial charge in [0.15, 0.2) is 0 Å². The van der Waals surface area contributed by atoms with E-state index in [0.29, 0.717) is 15.0 Å². The summed E-state index contributed by atoms with van der Waals surface area (Å²) in [7, 11) is 0. The van der Waals surface area contributed by atoms with Crippen molar-refractivity contribution < 1.29 is 9.90 Å². The summed E-state index contributed by atoms with van der Waals surface area (Å²) in [6, 6.07) is 2.90. The molecule has 0 unspecified atom stereocenters. The number of pyridine rings is 1. The van der Waals surface area contributed by atoms with Gasteiger partial charge in [0.05, 0.1) is 17.5 Å². The average Bonchev–Trinajstić information content (AvgIpc) is 2.65. The predicted molar refractivity (Wildman–Crippen MR) is 57.3 cm³/mol. The number of nitrogens with zero attached hydrogens (tertiary/aromatic N) is 2. The quantitative estimate of drug-likeness (QED) is 0.876. The molecule has 0 radical (unpaired) electrons. The van der Waals surface area contributed by atoms with Gasteiger partial charge in [-0.15, -0.1) is 11.3 Å². The summed E-state index contributed by atoms with van der Waals surface area (Å²) in [5, 5.41) is 9.40. The fraction of sp³-hybridized carbons (Fsp3) is 0. The SMILES string of the molecule is O=C(O)c1ccnc(-c2ncc(Cl)s2)c1. The zero-order valence-electron chi connectivity index (χ0n) is 7.35. The number of rotatable bonds is 2. The maximum Gasteiger partial charge on any atom is 0.335 e. The lowest BCUT2D eigenvalue weighted by atomic mass is 10.2. The Hall–Kier alpha value is -1.46. The first-order valence-electron chi connectivity index (χ1n) is 3.98. The first-order valence-corrected chi connectivity index (χ1v) is 5.17. The van der Waals surface area contributed by atoms with Crippen LogP contribution in [-0.4, -0.2) is 21.0 Å². The average molecular weight is 241 g/mol. The highest BCUT2D eigenvalue weighted by Gasteiger charge is 2.08.